The lowest BCUT2D eigenvalue weighted by atomic mass is 10.2. The lowest BCUT2D eigenvalue weighted by Crippen LogP contribution is -2.27. The lowest BCUT2D eigenvalue weighted by molar-refractivity contribution is 0.459. The molecular weight excluding hydrogens is 298 g/mol. The maximum atomic E-state index is 13.7. The molecule has 0 spiro atoms. The van der Waals surface area contributed by atoms with Gasteiger partial charge in [-0.05, 0) is 11.6 Å². The number of nitrogens with two attached hydrogens (primary N) is 1. The molecule has 0 bridgehead atoms. The molecule has 0 fully saturated rings. The molecule has 0 radical (unpaired) electrons. The standard InChI is InChI=1S/C14H14F2N2O2S/c1-18(9-10-5-3-2-4-6-10)21(19,20)14-8-13(17)11(15)7-12(14)16/h2-8H,9,17H2,1H3. The molecule has 0 aliphatic rings. The van der Waals surface area contributed by atoms with Crippen molar-refractivity contribution in [2.24, 2.45) is 0 Å². The number of rotatable bonds is 4. The minimum atomic E-state index is -4.10. The zero-order valence-electron chi connectivity index (χ0n) is 11.3. The van der Waals surface area contributed by atoms with Crippen LogP contribution in [-0.2, 0) is 16.6 Å². The van der Waals surface area contributed by atoms with Crippen LogP contribution in [0.3, 0.4) is 0 Å². The van der Waals surface area contributed by atoms with Crippen molar-refractivity contribution in [3.05, 3.63) is 59.7 Å². The van der Waals surface area contributed by atoms with Gasteiger partial charge in [-0.3, -0.25) is 0 Å². The fourth-order valence-electron chi connectivity index (χ4n) is 1.84. The van der Waals surface area contributed by atoms with E-state index in [-0.39, 0.29) is 6.54 Å². The Morgan fingerprint density at radius 3 is 2.33 bits per heavy atom. The van der Waals surface area contributed by atoms with Crippen LogP contribution in [0.25, 0.3) is 0 Å². The summed E-state index contributed by atoms with van der Waals surface area (Å²) >= 11 is 0. The van der Waals surface area contributed by atoms with E-state index in [0.717, 1.165) is 15.9 Å². The smallest absolute Gasteiger partial charge is 0.246 e. The van der Waals surface area contributed by atoms with E-state index in [2.05, 4.69) is 0 Å². The Morgan fingerprint density at radius 2 is 1.71 bits per heavy atom. The van der Waals surface area contributed by atoms with E-state index in [1.54, 1.807) is 30.3 Å². The Morgan fingerprint density at radius 1 is 1.10 bits per heavy atom. The monoisotopic (exact) mass is 312 g/mol. The molecule has 0 saturated heterocycles. The number of anilines is 1. The molecule has 7 heteroatoms. The van der Waals surface area contributed by atoms with Gasteiger partial charge in [0.2, 0.25) is 10.0 Å². The Kier molecular flexibility index (Phi) is 4.24. The normalized spacial score (nSPS) is 11.8. The molecule has 0 heterocycles. The van der Waals surface area contributed by atoms with Crippen LogP contribution in [0.1, 0.15) is 5.56 Å². The van der Waals surface area contributed by atoms with Crippen molar-refractivity contribution in [2.45, 2.75) is 11.4 Å². The molecule has 0 amide bonds. The zero-order chi connectivity index (χ0) is 15.6. The summed E-state index contributed by atoms with van der Waals surface area (Å²) in [6.07, 6.45) is 0. The Labute approximate surface area is 121 Å². The second-order valence-corrected chi connectivity index (χ2v) is 6.56. The second-order valence-electron chi connectivity index (χ2n) is 4.55. The number of benzene rings is 2. The van der Waals surface area contributed by atoms with Crippen LogP contribution in [0.2, 0.25) is 0 Å². The molecule has 0 unspecified atom stereocenters. The number of hydrogen-bond donors (Lipinski definition) is 1. The summed E-state index contributed by atoms with van der Waals surface area (Å²) in [7, 11) is -2.77. The van der Waals surface area contributed by atoms with Crippen LogP contribution in [0.5, 0.6) is 0 Å². The highest BCUT2D eigenvalue weighted by atomic mass is 32.2. The maximum Gasteiger partial charge on any atom is 0.246 e. The van der Waals surface area contributed by atoms with Gasteiger partial charge in [-0.1, -0.05) is 30.3 Å². The number of hydrogen-bond acceptors (Lipinski definition) is 3. The van der Waals surface area contributed by atoms with Crippen molar-refractivity contribution in [3.8, 4) is 0 Å². The van der Waals surface area contributed by atoms with Gasteiger partial charge in [0, 0.05) is 19.7 Å². The summed E-state index contributed by atoms with van der Waals surface area (Å²) in [6.45, 7) is 0.0693. The summed E-state index contributed by atoms with van der Waals surface area (Å²) in [5.41, 5.74) is 5.65. The van der Waals surface area contributed by atoms with Gasteiger partial charge in [0.25, 0.3) is 0 Å². The van der Waals surface area contributed by atoms with Crippen molar-refractivity contribution in [1.82, 2.24) is 4.31 Å². The first-order chi connectivity index (χ1) is 9.82. The highest BCUT2D eigenvalue weighted by Crippen LogP contribution is 2.24. The van der Waals surface area contributed by atoms with E-state index in [4.69, 9.17) is 5.73 Å². The first-order valence-corrected chi connectivity index (χ1v) is 7.51. The Bertz CT molecular complexity index is 749. The second kappa shape index (κ2) is 5.79. The molecule has 112 valence electrons. The average molecular weight is 312 g/mol. The molecule has 2 N–H and O–H groups in total. The largest absolute Gasteiger partial charge is 0.396 e. The molecule has 0 aliphatic carbocycles. The predicted molar refractivity (Wildman–Crippen MR) is 75.9 cm³/mol. The summed E-state index contributed by atoms with van der Waals surface area (Å²) in [4.78, 5) is -0.639. The first-order valence-electron chi connectivity index (χ1n) is 6.07. The first kappa shape index (κ1) is 15.4. The molecule has 21 heavy (non-hydrogen) atoms. The fraction of sp³-hybridized carbons (Fsp3) is 0.143. The van der Waals surface area contributed by atoms with Gasteiger partial charge in [-0.25, -0.2) is 17.2 Å². The highest BCUT2D eigenvalue weighted by molar-refractivity contribution is 7.89. The van der Waals surface area contributed by atoms with E-state index < -0.39 is 32.2 Å². The summed E-state index contributed by atoms with van der Waals surface area (Å²) in [5, 5.41) is 0. The molecule has 0 saturated carbocycles. The van der Waals surface area contributed by atoms with E-state index >= 15 is 0 Å². The van der Waals surface area contributed by atoms with Crippen molar-refractivity contribution in [1.29, 1.82) is 0 Å². The average Bonchev–Trinajstić information content (AvgIpc) is 2.43. The van der Waals surface area contributed by atoms with Gasteiger partial charge in [0.15, 0.2) is 0 Å². The number of sulfonamides is 1. The van der Waals surface area contributed by atoms with E-state index in [9.17, 15) is 17.2 Å². The van der Waals surface area contributed by atoms with Crippen LogP contribution >= 0.6 is 0 Å². The Hall–Kier alpha value is -1.99. The molecule has 2 aromatic rings. The van der Waals surface area contributed by atoms with Crippen LogP contribution in [-0.4, -0.2) is 19.8 Å². The fourth-order valence-corrected chi connectivity index (χ4v) is 3.07. The third kappa shape index (κ3) is 3.20. The molecule has 2 aromatic carbocycles. The van der Waals surface area contributed by atoms with Crippen LogP contribution in [0.4, 0.5) is 14.5 Å². The van der Waals surface area contributed by atoms with E-state index in [1.165, 1.54) is 7.05 Å². The number of nitrogens with zero attached hydrogens (tertiary/aromatic N) is 1. The van der Waals surface area contributed by atoms with Gasteiger partial charge >= 0.3 is 0 Å². The zero-order valence-corrected chi connectivity index (χ0v) is 12.1. The van der Waals surface area contributed by atoms with Gasteiger partial charge in [-0.15, -0.1) is 0 Å². The van der Waals surface area contributed by atoms with Crippen LogP contribution in [0.15, 0.2) is 47.4 Å². The quantitative estimate of drug-likeness (QED) is 0.882. The number of halogens is 2. The van der Waals surface area contributed by atoms with Crippen molar-refractivity contribution in [2.75, 3.05) is 12.8 Å². The van der Waals surface area contributed by atoms with Crippen LogP contribution < -0.4 is 5.73 Å². The minimum Gasteiger partial charge on any atom is -0.396 e. The SMILES string of the molecule is CN(Cc1ccccc1)S(=O)(=O)c1cc(N)c(F)cc1F. The van der Waals surface area contributed by atoms with Crippen LogP contribution in [0, 0.1) is 11.6 Å². The molecular formula is C14H14F2N2O2S. The molecule has 0 atom stereocenters. The van der Waals surface area contributed by atoms with Gasteiger partial charge in [-0.2, -0.15) is 4.31 Å². The molecule has 0 aliphatic heterocycles. The molecule has 0 aromatic heterocycles. The van der Waals surface area contributed by atoms with Crippen molar-refractivity contribution >= 4 is 15.7 Å². The highest BCUT2D eigenvalue weighted by Gasteiger charge is 2.26. The molecule has 4 nitrogen and oxygen atoms in total. The maximum absolute atomic E-state index is 13.7. The van der Waals surface area contributed by atoms with Crippen molar-refractivity contribution in [3.63, 3.8) is 0 Å². The van der Waals surface area contributed by atoms with E-state index in [1.807, 2.05) is 0 Å². The topological polar surface area (TPSA) is 63.4 Å². The van der Waals surface area contributed by atoms with Crippen molar-refractivity contribution < 1.29 is 17.2 Å². The van der Waals surface area contributed by atoms with Gasteiger partial charge in [0.1, 0.15) is 16.5 Å². The minimum absolute atomic E-state index is 0.0693. The third-order valence-corrected chi connectivity index (χ3v) is 4.81. The number of nitrogen functional groups attached to an aromatic ring is 1. The Balaban J connectivity index is 2.36. The summed E-state index contributed by atoms with van der Waals surface area (Å²) in [6, 6.07) is 10.1. The van der Waals surface area contributed by atoms with Gasteiger partial charge in [0.05, 0.1) is 5.69 Å². The van der Waals surface area contributed by atoms with Gasteiger partial charge < -0.3 is 5.73 Å². The summed E-state index contributed by atoms with van der Waals surface area (Å²) < 4.78 is 52.5. The summed E-state index contributed by atoms with van der Waals surface area (Å²) in [5.74, 6) is -2.15. The third-order valence-electron chi connectivity index (χ3n) is 2.99. The van der Waals surface area contributed by atoms with E-state index in [0.29, 0.717) is 6.07 Å². The molecule has 2 rings (SSSR count). The lowest BCUT2D eigenvalue weighted by Gasteiger charge is -2.18. The predicted octanol–water partition coefficient (Wildman–Crippen LogP) is 2.37.